The summed E-state index contributed by atoms with van der Waals surface area (Å²) in [5, 5.41) is 9.85. The average Bonchev–Trinajstić information content (AvgIpc) is 2.83. The van der Waals surface area contributed by atoms with Crippen LogP contribution in [0.25, 0.3) is 0 Å². The van der Waals surface area contributed by atoms with E-state index < -0.39 is 0 Å². The van der Waals surface area contributed by atoms with Gasteiger partial charge in [0.2, 0.25) is 0 Å². The molecule has 0 amide bonds. The molecule has 2 atom stereocenters. The maximum Gasteiger partial charge on any atom is 0.120 e. The van der Waals surface area contributed by atoms with Crippen LogP contribution in [0.3, 0.4) is 0 Å². The number of hydrogen-bond donors (Lipinski definition) is 1. The molecule has 1 aliphatic heterocycles. The summed E-state index contributed by atoms with van der Waals surface area (Å²) in [6, 6.07) is 5.69. The minimum Gasteiger partial charge on any atom is -0.508 e. The summed E-state index contributed by atoms with van der Waals surface area (Å²) in [5.41, 5.74) is 1.04. The SMILES string of the molecule is Oc1ccc(Br)cc1CN1CC2CCCC2C1. The fraction of sp³-hybridized carbons (Fsp3) is 0.571. The van der Waals surface area contributed by atoms with E-state index >= 15 is 0 Å². The largest absolute Gasteiger partial charge is 0.508 e. The average molecular weight is 296 g/mol. The first-order chi connectivity index (χ1) is 8.22. The zero-order chi connectivity index (χ0) is 11.8. The van der Waals surface area contributed by atoms with Gasteiger partial charge in [0, 0.05) is 29.7 Å². The van der Waals surface area contributed by atoms with Crippen LogP contribution in [0.1, 0.15) is 24.8 Å². The Morgan fingerprint density at radius 1 is 1.24 bits per heavy atom. The first kappa shape index (κ1) is 11.5. The van der Waals surface area contributed by atoms with E-state index in [-0.39, 0.29) is 0 Å². The maximum absolute atomic E-state index is 9.85. The first-order valence-corrected chi connectivity index (χ1v) is 7.21. The minimum atomic E-state index is 0.422. The van der Waals surface area contributed by atoms with Crippen molar-refractivity contribution in [3.63, 3.8) is 0 Å². The van der Waals surface area contributed by atoms with Crippen LogP contribution in [0.4, 0.5) is 0 Å². The number of halogens is 1. The maximum atomic E-state index is 9.85. The molecule has 0 aromatic heterocycles. The van der Waals surface area contributed by atoms with Crippen LogP contribution in [-0.2, 0) is 6.54 Å². The molecule has 2 aliphatic rings. The van der Waals surface area contributed by atoms with Crippen molar-refractivity contribution in [2.45, 2.75) is 25.8 Å². The van der Waals surface area contributed by atoms with E-state index in [1.54, 1.807) is 6.07 Å². The van der Waals surface area contributed by atoms with Crippen LogP contribution in [0.2, 0.25) is 0 Å². The van der Waals surface area contributed by atoms with Gasteiger partial charge in [-0.2, -0.15) is 0 Å². The van der Waals surface area contributed by atoms with Crippen molar-refractivity contribution in [2.24, 2.45) is 11.8 Å². The molecule has 0 spiro atoms. The third kappa shape index (κ3) is 2.36. The lowest BCUT2D eigenvalue weighted by molar-refractivity contribution is 0.298. The van der Waals surface area contributed by atoms with Crippen LogP contribution < -0.4 is 0 Å². The Kier molecular flexibility index (Phi) is 3.14. The Balaban J connectivity index is 1.69. The van der Waals surface area contributed by atoms with E-state index in [4.69, 9.17) is 0 Å². The van der Waals surface area contributed by atoms with Crippen LogP contribution in [-0.4, -0.2) is 23.1 Å². The van der Waals surface area contributed by atoms with E-state index in [0.29, 0.717) is 5.75 Å². The normalized spacial score (nSPS) is 28.5. The number of likely N-dealkylation sites (tertiary alicyclic amines) is 1. The van der Waals surface area contributed by atoms with Crippen molar-refractivity contribution in [1.29, 1.82) is 0 Å². The zero-order valence-electron chi connectivity index (χ0n) is 9.90. The third-order valence-corrected chi connectivity index (χ3v) is 4.73. The van der Waals surface area contributed by atoms with Gasteiger partial charge in [-0.3, -0.25) is 4.90 Å². The second-order valence-corrected chi connectivity index (χ2v) is 6.33. The summed E-state index contributed by atoms with van der Waals surface area (Å²) >= 11 is 3.46. The number of nitrogens with zero attached hydrogens (tertiary/aromatic N) is 1. The molecule has 1 saturated heterocycles. The molecule has 3 rings (SSSR count). The highest BCUT2D eigenvalue weighted by molar-refractivity contribution is 9.10. The van der Waals surface area contributed by atoms with Crippen molar-refractivity contribution < 1.29 is 5.11 Å². The lowest BCUT2D eigenvalue weighted by Crippen LogP contribution is -2.21. The number of hydrogen-bond acceptors (Lipinski definition) is 2. The molecule has 1 N–H and O–H groups in total. The Morgan fingerprint density at radius 2 is 1.94 bits per heavy atom. The van der Waals surface area contributed by atoms with Crippen LogP contribution in [0.5, 0.6) is 5.75 Å². The zero-order valence-corrected chi connectivity index (χ0v) is 11.5. The van der Waals surface area contributed by atoms with Crippen molar-refractivity contribution in [1.82, 2.24) is 4.90 Å². The summed E-state index contributed by atoms with van der Waals surface area (Å²) in [6.45, 7) is 3.32. The summed E-state index contributed by atoms with van der Waals surface area (Å²) in [6.07, 6.45) is 4.24. The van der Waals surface area contributed by atoms with Crippen LogP contribution in [0, 0.1) is 11.8 Å². The molecule has 2 unspecified atom stereocenters. The molecule has 17 heavy (non-hydrogen) atoms. The van der Waals surface area contributed by atoms with Gasteiger partial charge in [-0.1, -0.05) is 22.4 Å². The standard InChI is InChI=1S/C14H18BrNO/c15-13-4-5-14(17)12(6-13)9-16-7-10-2-1-3-11(10)8-16/h4-6,10-11,17H,1-3,7-9H2. The second kappa shape index (κ2) is 4.62. The second-order valence-electron chi connectivity index (χ2n) is 5.42. The molecule has 1 aromatic carbocycles. The molecule has 3 heteroatoms. The van der Waals surface area contributed by atoms with E-state index in [1.807, 2.05) is 12.1 Å². The van der Waals surface area contributed by atoms with Gasteiger partial charge in [0.05, 0.1) is 0 Å². The van der Waals surface area contributed by atoms with Crippen molar-refractivity contribution in [3.8, 4) is 5.75 Å². The van der Waals surface area contributed by atoms with Gasteiger partial charge >= 0.3 is 0 Å². The predicted octanol–water partition coefficient (Wildman–Crippen LogP) is 3.39. The number of phenolic OH excluding ortho intramolecular Hbond substituents is 1. The molecule has 1 heterocycles. The van der Waals surface area contributed by atoms with E-state index in [0.717, 1.165) is 28.4 Å². The quantitative estimate of drug-likeness (QED) is 0.904. The molecular formula is C14H18BrNO. The monoisotopic (exact) mass is 295 g/mol. The van der Waals surface area contributed by atoms with Gasteiger partial charge in [0.15, 0.2) is 0 Å². The lowest BCUT2D eigenvalue weighted by atomic mass is 10.0. The minimum absolute atomic E-state index is 0.422. The van der Waals surface area contributed by atoms with Gasteiger partial charge in [-0.25, -0.2) is 0 Å². The molecular weight excluding hydrogens is 278 g/mol. The smallest absolute Gasteiger partial charge is 0.120 e. The number of phenols is 1. The van der Waals surface area contributed by atoms with Gasteiger partial charge in [0.25, 0.3) is 0 Å². The van der Waals surface area contributed by atoms with E-state index in [1.165, 1.54) is 32.4 Å². The lowest BCUT2D eigenvalue weighted by Gasteiger charge is -2.17. The number of fused-ring (bicyclic) bond motifs is 1. The van der Waals surface area contributed by atoms with Crippen LogP contribution >= 0.6 is 15.9 Å². The molecule has 0 radical (unpaired) electrons. The van der Waals surface area contributed by atoms with Gasteiger partial charge < -0.3 is 5.11 Å². The number of benzene rings is 1. The fourth-order valence-corrected chi connectivity index (χ4v) is 3.79. The third-order valence-electron chi connectivity index (χ3n) is 4.24. The van der Waals surface area contributed by atoms with E-state index in [2.05, 4.69) is 20.8 Å². The Morgan fingerprint density at radius 3 is 2.65 bits per heavy atom. The molecule has 2 nitrogen and oxygen atoms in total. The number of aromatic hydroxyl groups is 1. The molecule has 1 aromatic rings. The fourth-order valence-electron chi connectivity index (χ4n) is 3.38. The summed E-state index contributed by atoms with van der Waals surface area (Å²) in [4.78, 5) is 2.50. The highest BCUT2D eigenvalue weighted by atomic mass is 79.9. The molecule has 1 aliphatic carbocycles. The summed E-state index contributed by atoms with van der Waals surface area (Å²) < 4.78 is 1.05. The van der Waals surface area contributed by atoms with Gasteiger partial charge in [-0.15, -0.1) is 0 Å². The van der Waals surface area contributed by atoms with Crippen molar-refractivity contribution >= 4 is 15.9 Å². The van der Waals surface area contributed by atoms with Gasteiger partial charge in [0.1, 0.15) is 5.75 Å². The number of rotatable bonds is 2. The summed E-state index contributed by atoms with van der Waals surface area (Å²) in [7, 11) is 0. The van der Waals surface area contributed by atoms with Crippen LogP contribution in [0.15, 0.2) is 22.7 Å². The van der Waals surface area contributed by atoms with Crippen molar-refractivity contribution in [2.75, 3.05) is 13.1 Å². The predicted molar refractivity (Wildman–Crippen MR) is 71.9 cm³/mol. The molecule has 1 saturated carbocycles. The molecule has 2 fully saturated rings. The highest BCUT2D eigenvalue weighted by Crippen LogP contribution is 2.38. The Labute approximate surface area is 111 Å². The van der Waals surface area contributed by atoms with E-state index in [9.17, 15) is 5.11 Å². The molecule has 0 bridgehead atoms. The summed E-state index contributed by atoms with van der Waals surface area (Å²) in [5.74, 6) is 2.26. The first-order valence-electron chi connectivity index (χ1n) is 6.42. The van der Waals surface area contributed by atoms with Gasteiger partial charge in [-0.05, 0) is 42.9 Å². The van der Waals surface area contributed by atoms with Crippen molar-refractivity contribution in [3.05, 3.63) is 28.2 Å². The Bertz CT molecular complexity index is 409. The topological polar surface area (TPSA) is 23.5 Å². The Hall–Kier alpha value is -0.540. The molecule has 92 valence electrons. The highest BCUT2D eigenvalue weighted by Gasteiger charge is 2.35.